The first-order chi connectivity index (χ1) is 9.24. The second-order valence-corrected chi connectivity index (χ2v) is 4.21. The molecule has 0 spiro atoms. The number of para-hydroxylation sites is 1. The molecule has 1 aromatic heterocycles. The van der Waals surface area contributed by atoms with Crippen molar-refractivity contribution in [2.45, 2.75) is 0 Å². The molecule has 19 heavy (non-hydrogen) atoms. The highest BCUT2D eigenvalue weighted by atomic mass is 19.1. The van der Waals surface area contributed by atoms with Crippen LogP contribution in [0.4, 0.5) is 10.1 Å². The van der Waals surface area contributed by atoms with E-state index in [0.29, 0.717) is 16.6 Å². The van der Waals surface area contributed by atoms with E-state index in [1.54, 1.807) is 24.4 Å². The van der Waals surface area contributed by atoms with Gasteiger partial charge < -0.3 is 10.3 Å². The number of amides is 1. The number of benzene rings is 2. The molecule has 0 aliphatic heterocycles. The van der Waals surface area contributed by atoms with E-state index in [2.05, 4.69) is 10.3 Å². The smallest absolute Gasteiger partial charge is 0.257 e. The van der Waals surface area contributed by atoms with Crippen LogP contribution in [0.2, 0.25) is 0 Å². The van der Waals surface area contributed by atoms with Crippen LogP contribution in [0.1, 0.15) is 10.4 Å². The fourth-order valence-electron chi connectivity index (χ4n) is 2.00. The molecule has 94 valence electrons. The third-order valence-corrected chi connectivity index (χ3v) is 2.92. The molecule has 0 saturated carbocycles. The van der Waals surface area contributed by atoms with Crippen molar-refractivity contribution in [3.63, 3.8) is 0 Å². The Balaban J connectivity index is 1.96. The molecule has 0 saturated heterocycles. The van der Waals surface area contributed by atoms with Gasteiger partial charge in [0, 0.05) is 22.8 Å². The molecule has 0 radical (unpaired) electrons. The predicted molar refractivity (Wildman–Crippen MR) is 72.7 cm³/mol. The van der Waals surface area contributed by atoms with Crippen molar-refractivity contribution in [1.29, 1.82) is 0 Å². The lowest BCUT2D eigenvalue weighted by atomic mass is 10.1. The Morgan fingerprint density at radius 1 is 1.11 bits per heavy atom. The van der Waals surface area contributed by atoms with Crippen LogP contribution in [0.15, 0.2) is 54.7 Å². The highest BCUT2D eigenvalue weighted by molar-refractivity contribution is 6.12. The monoisotopic (exact) mass is 254 g/mol. The van der Waals surface area contributed by atoms with E-state index in [4.69, 9.17) is 0 Å². The minimum absolute atomic E-state index is 0.261. The van der Waals surface area contributed by atoms with Crippen molar-refractivity contribution in [1.82, 2.24) is 4.98 Å². The van der Waals surface area contributed by atoms with Crippen molar-refractivity contribution in [3.8, 4) is 0 Å². The molecule has 0 fully saturated rings. The normalized spacial score (nSPS) is 10.6. The van der Waals surface area contributed by atoms with Crippen LogP contribution in [-0.4, -0.2) is 10.9 Å². The highest BCUT2D eigenvalue weighted by Gasteiger charge is 2.12. The summed E-state index contributed by atoms with van der Waals surface area (Å²) in [7, 11) is 0. The number of halogens is 1. The second kappa shape index (κ2) is 4.57. The van der Waals surface area contributed by atoms with Gasteiger partial charge in [-0.05, 0) is 30.3 Å². The van der Waals surface area contributed by atoms with Crippen molar-refractivity contribution in [2.75, 3.05) is 5.32 Å². The molecule has 3 aromatic rings. The van der Waals surface area contributed by atoms with Gasteiger partial charge in [-0.25, -0.2) is 4.39 Å². The van der Waals surface area contributed by atoms with Crippen molar-refractivity contribution in [2.24, 2.45) is 0 Å². The minimum atomic E-state index is -0.360. The summed E-state index contributed by atoms with van der Waals surface area (Å²) in [6.45, 7) is 0. The maximum Gasteiger partial charge on any atom is 0.257 e. The van der Waals surface area contributed by atoms with Gasteiger partial charge in [-0.3, -0.25) is 4.79 Å². The molecule has 4 heteroatoms. The van der Waals surface area contributed by atoms with Crippen LogP contribution < -0.4 is 5.32 Å². The number of carbonyl (C=O) groups is 1. The molecular weight excluding hydrogens is 243 g/mol. The van der Waals surface area contributed by atoms with Crippen LogP contribution >= 0.6 is 0 Å². The molecule has 1 amide bonds. The average molecular weight is 254 g/mol. The summed E-state index contributed by atoms with van der Waals surface area (Å²) in [4.78, 5) is 15.1. The third kappa shape index (κ3) is 2.20. The Labute approximate surface area is 109 Å². The molecule has 0 aliphatic carbocycles. The molecule has 0 atom stereocenters. The van der Waals surface area contributed by atoms with E-state index < -0.39 is 0 Å². The summed E-state index contributed by atoms with van der Waals surface area (Å²) in [5.41, 5.74) is 1.87. The minimum Gasteiger partial charge on any atom is -0.360 e. The number of aromatic nitrogens is 1. The van der Waals surface area contributed by atoms with E-state index in [1.807, 2.05) is 18.2 Å². The third-order valence-electron chi connectivity index (χ3n) is 2.92. The van der Waals surface area contributed by atoms with Gasteiger partial charge in [0.15, 0.2) is 0 Å². The number of fused-ring (bicyclic) bond motifs is 1. The van der Waals surface area contributed by atoms with Gasteiger partial charge in [0.05, 0.1) is 5.56 Å². The molecule has 3 rings (SSSR count). The predicted octanol–water partition coefficient (Wildman–Crippen LogP) is 3.56. The summed E-state index contributed by atoms with van der Waals surface area (Å²) < 4.78 is 13.2. The SMILES string of the molecule is O=C(Nc1ccccc1)c1c[nH]c2ccc(F)cc12. The van der Waals surface area contributed by atoms with Crippen molar-refractivity contribution in [3.05, 3.63) is 66.1 Å². The van der Waals surface area contributed by atoms with E-state index in [1.165, 1.54) is 12.1 Å². The fraction of sp³-hybridized carbons (Fsp3) is 0. The maximum atomic E-state index is 13.2. The summed E-state index contributed by atoms with van der Waals surface area (Å²) in [6, 6.07) is 13.5. The van der Waals surface area contributed by atoms with Gasteiger partial charge in [0.2, 0.25) is 0 Å². The van der Waals surface area contributed by atoms with Crippen LogP contribution in [0.25, 0.3) is 10.9 Å². The molecule has 1 heterocycles. The Hall–Kier alpha value is -2.62. The number of hydrogen-bond acceptors (Lipinski definition) is 1. The van der Waals surface area contributed by atoms with E-state index in [0.717, 1.165) is 5.52 Å². The summed E-state index contributed by atoms with van der Waals surface area (Å²) in [6.07, 6.45) is 1.59. The number of rotatable bonds is 2. The first-order valence-electron chi connectivity index (χ1n) is 5.87. The number of nitrogens with one attached hydrogen (secondary N) is 2. The summed E-state index contributed by atoms with van der Waals surface area (Å²) in [5, 5.41) is 3.35. The van der Waals surface area contributed by atoms with E-state index >= 15 is 0 Å². The quantitative estimate of drug-likeness (QED) is 0.721. The summed E-state index contributed by atoms with van der Waals surface area (Å²) >= 11 is 0. The first-order valence-corrected chi connectivity index (χ1v) is 5.87. The lowest BCUT2D eigenvalue weighted by molar-refractivity contribution is 0.102. The van der Waals surface area contributed by atoms with Gasteiger partial charge >= 0.3 is 0 Å². The number of anilines is 1. The molecule has 2 N–H and O–H groups in total. The zero-order valence-electron chi connectivity index (χ0n) is 9.98. The number of carbonyl (C=O) groups excluding carboxylic acids is 1. The fourth-order valence-corrected chi connectivity index (χ4v) is 2.00. The van der Waals surface area contributed by atoms with Gasteiger partial charge in [-0.1, -0.05) is 18.2 Å². The lowest BCUT2D eigenvalue weighted by Gasteiger charge is -2.03. The van der Waals surface area contributed by atoms with Crippen LogP contribution in [0.3, 0.4) is 0 Å². The standard InChI is InChI=1S/C15H11FN2O/c16-10-6-7-14-12(8-10)13(9-17-14)15(19)18-11-4-2-1-3-5-11/h1-9,17H,(H,18,19). The molecule has 0 aliphatic rings. The molecule has 2 aromatic carbocycles. The largest absolute Gasteiger partial charge is 0.360 e. The molecular formula is C15H11FN2O. The Morgan fingerprint density at radius 3 is 2.68 bits per heavy atom. The molecule has 0 unspecified atom stereocenters. The van der Waals surface area contributed by atoms with Gasteiger partial charge in [-0.2, -0.15) is 0 Å². The van der Waals surface area contributed by atoms with Crippen LogP contribution in [0.5, 0.6) is 0 Å². The van der Waals surface area contributed by atoms with E-state index in [-0.39, 0.29) is 11.7 Å². The first kappa shape index (κ1) is 11.5. The van der Waals surface area contributed by atoms with Gasteiger partial charge in [-0.15, -0.1) is 0 Å². The van der Waals surface area contributed by atoms with Crippen molar-refractivity contribution >= 4 is 22.5 Å². The highest BCUT2D eigenvalue weighted by Crippen LogP contribution is 2.20. The van der Waals surface area contributed by atoms with E-state index in [9.17, 15) is 9.18 Å². The number of H-pyrrole nitrogens is 1. The van der Waals surface area contributed by atoms with Crippen LogP contribution in [-0.2, 0) is 0 Å². The maximum absolute atomic E-state index is 13.2. The number of hydrogen-bond donors (Lipinski definition) is 2. The number of aromatic amines is 1. The van der Waals surface area contributed by atoms with Gasteiger partial charge in [0.1, 0.15) is 5.82 Å². The topological polar surface area (TPSA) is 44.9 Å². The van der Waals surface area contributed by atoms with Crippen molar-refractivity contribution < 1.29 is 9.18 Å². The molecule has 0 bridgehead atoms. The zero-order valence-corrected chi connectivity index (χ0v) is 9.98. The average Bonchev–Trinajstić information content (AvgIpc) is 2.82. The Bertz CT molecular complexity index is 734. The Kier molecular flexibility index (Phi) is 2.76. The second-order valence-electron chi connectivity index (χ2n) is 4.21. The lowest BCUT2D eigenvalue weighted by Crippen LogP contribution is -2.11. The van der Waals surface area contributed by atoms with Crippen LogP contribution in [0, 0.1) is 5.82 Å². The molecule has 3 nitrogen and oxygen atoms in total. The zero-order chi connectivity index (χ0) is 13.2. The Morgan fingerprint density at radius 2 is 1.89 bits per heavy atom. The summed E-state index contributed by atoms with van der Waals surface area (Å²) in [5.74, 6) is -0.621. The van der Waals surface area contributed by atoms with Gasteiger partial charge in [0.25, 0.3) is 5.91 Å².